The molecule has 0 aliphatic heterocycles. The summed E-state index contributed by atoms with van der Waals surface area (Å²) in [6.45, 7) is 0.125. The Labute approximate surface area is 169 Å². The number of aromatic carboxylic acids is 1. The minimum absolute atomic E-state index is 0.0364. The number of pyridine rings is 2. The van der Waals surface area contributed by atoms with E-state index in [0.717, 1.165) is 15.6 Å². The second kappa shape index (κ2) is 7.40. The number of hydrogen-bond donors (Lipinski definition) is 1. The average molecular weight is 435 g/mol. The Balaban J connectivity index is 2.13. The highest BCUT2D eigenvalue weighted by atomic mass is 79.9. The Morgan fingerprint density at radius 1 is 1.04 bits per heavy atom. The van der Waals surface area contributed by atoms with Crippen molar-refractivity contribution in [2.24, 2.45) is 0 Å². The maximum absolute atomic E-state index is 13.2. The van der Waals surface area contributed by atoms with Gasteiger partial charge in [-0.3, -0.25) is 14.3 Å². The van der Waals surface area contributed by atoms with Gasteiger partial charge >= 0.3 is 5.97 Å². The highest BCUT2D eigenvalue weighted by Gasteiger charge is 2.23. The number of carboxylic acid groups (broad SMARTS) is 1. The van der Waals surface area contributed by atoms with Gasteiger partial charge in [0.25, 0.3) is 5.56 Å². The first-order valence-electron chi connectivity index (χ1n) is 8.60. The van der Waals surface area contributed by atoms with E-state index in [2.05, 4.69) is 20.9 Å². The van der Waals surface area contributed by atoms with E-state index in [0.29, 0.717) is 16.3 Å². The van der Waals surface area contributed by atoms with Crippen molar-refractivity contribution in [2.75, 3.05) is 0 Å². The number of halogens is 1. The summed E-state index contributed by atoms with van der Waals surface area (Å²) in [5, 5.41) is 11.1. The van der Waals surface area contributed by atoms with Gasteiger partial charge in [-0.25, -0.2) is 4.79 Å². The van der Waals surface area contributed by atoms with Crippen LogP contribution in [0.3, 0.4) is 0 Å². The van der Waals surface area contributed by atoms with Gasteiger partial charge < -0.3 is 5.11 Å². The molecule has 0 aliphatic carbocycles. The first-order valence-corrected chi connectivity index (χ1v) is 9.39. The molecule has 6 heteroatoms. The van der Waals surface area contributed by atoms with Crippen LogP contribution in [-0.4, -0.2) is 20.6 Å². The molecule has 0 atom stereocenters. The predicted octanol–water partition coefficient (Wildman–Crippen LogP) is 4.57. The Kier molecular flexibility index (Phi) is 4.79. The van der Waals surface area contributed by atoms with Gasteiger partial charge in [0.05, 0.1) is 6.54 Å². The summed E-state index contributed by atoms with van der Waals surface area (Å²) in [5.74, 6) is -1.15. The zero-order valence-electron chi connectivity index (χ0n) is 14.7. The van der Waals surface area contributed by atoms with Crippen molar-refractivity contribution in [1.82, 2.24) is 9.55 Å². The van der Waals surface area contributed by atoms with E-state index >= 15 is 0 Å². The molecule has 138 valence electrons. The minimum atomic E-state index is -1.15. The normalized spacial score (nSPS) is 10.9. The van der Waals surface area contributed by atoms with Crippen molar-refractivity contribution in [2.45, 2.75) is 6.54 Å². The molecule has 4 aromatic rings. The molecule has 1 N–H and O–H groups in total. The molecular weight excluding hydrogens is 420 g/mol. The summed E-state index contributed by atoms with van der Waals surface area (Å²) in [6.07, 6.45) is 3.27. The van der Waals surface area contributed by atoms with Crippen molar-refractivity contribution < 1.29 is 9.90 Å². The number of nitrogens with zero attached hydrogens (tertiary/aromatic N) is 2. The van der Waals surface area contributed by atoms with Crippen molar-refractivity contribution in [3.05, 3.63) is 99.1 Å². The highest BCUT2D eigenvalue weighted by molar-refractivity contribution is 9.10. The van der Waals surface area contributed by atoms with E-state index in [-0.39, 0.29) is 17.8 Å². The number of fused-ring (bicyclic) bond motifs is 1. The summed E-state index contributed by atoms with van der Waals surface area (Å²) in [7, 11) is 0. The summed E-state index contributed by atoms with van der Waals surface area (Å²) in [5.41, 5.74) is 1.63. The van der Waals surface area contributed by atoms with E-state index in [4.69, 9.17) is 0 Å². The topological polar surface area (TPSA) is 72.2 Å². The average Bonchev–Trinajstić information content (AvgIpc) is 2.71. The molecule has 5 nitrogen and oxygen atoms in total. The zero-order valence-corrected chi connectivity index (χ0v) is 16.3. The fourth-order valence-electron chi connectivity index (χ4n) is 3.36. The van der Waals surface area contributed by atoms with Gasteiger partial charge in [0.15, 0.2) is 0 Å². The van der Waals surface area contributed by atoms with E-state index in [1.165, 1.54) is 4.57 Å². The van der Waals surface area contributed by atoms with Crippen LogP contribution >= 0.6 is 15.9 Å². The van der Waals surface area contributed by atoms with Crippen LogP contribution < -0.4 is 5.56 Å². The number of carboxylic acids is 1. The zero-order chi connectivity index (χ0) is 19.7. The first-order chi connectivity index (χ1) is 13.6. The second-order valence-corrected chi connectivity index (χ2v) is 7.25. The van der Waals surface area contributed by atoms with E-state index in [1.54, 1.807) is 36.7 Å². The molecular formula is C22H15BrN2O3. The summed E-state index contributed by atoms with van der Waals surface area (Å²) < 4.78 is 2.09. The summed E-state index contributed by atoms with van der Waals surface area (Å²) in [4.78, 5) is 29.6. The maximum atomic E-state index is 13.2. The summed E-state index contributed by atoms with van der Waals surface area (Å²) in [6, 6.07) is 18.1. The lowest BCUT2D eigenvalue weighted by Crippen LogP contribution is -2.28. The molecule has 0 saturated carbocycles. The monoisotopic (exact) mass is 434 g/mol. The van der Waals surface area contributed by atoms with Gasteiger partial charge in [-0.05, 0) is 40.8 Å². The van der Waals surface area contributed by atoms with Gasteiger partial charge in [-0.15, -0.1) is 0 Å². The predicted molar refractivity (Wildman–Crippen MR) is 112 cm³/mol. The molecule has 0 amide bonds. The van der Waals surface area contributed by atoms with E-state index in [9.17, 15) is 14.7 Å². The lowest BCUT2D eigenvalue weighted by molar-refractivity contribution is 0.0685. The van der Waals surface area contributed by atoms with Crippen LogP contribution in [0, 0.1) is 0 Å². The molecule has 0 unspecified atom stereocenters. The molecule has 0 aliphatic rings. The molecule has 2 aromatic heterocycles. The Morgan fingerprint density at radius 2 is 1.82 bits per heavy atom. The third-order valence-electron chi connectivity index (χ3n) is 4.56. The van der Waals surface area contributed by atoms with Crippen molar-refractivity contribution in [3.63, 3.8) is 0 Å². The molecule has 0 spiro atoms. The lowest BCUT2D eigenvalue weighted by atomic mass is 9.96. The largest absolute Gasteiger partial charge is 0.477 e. The van der Waals surface area contributed by atoms with Crippen LogP contribution in [0.1, 0.15) is 16.1 Å². The van der Waals surface area contributed by atoms with Crippen LogP contribution in [0.2, 0.25) is 0 Å². The Bertz CT molecular complexity index is 1240. The summed E-state index contributed by atoms with van der Waals surface area (Å²) >= 11 is 3.43. The van der Waals surface area contributed by atoms with Crippen LogP contribution in [0.15, 0.2) is 82.3 Å². The second-order valence-electron chi connectivity index (χ2n) is 6.34. The van der Waals surface area contributed by atoms with Gasteiger partial charge in [0, 0.05) is 27.8 Å². The molecule has 2 aromatic carbocycles. The van der Waals surface area contributed by atoms with Crippen LogP contribution in [0.4, 0.5) is 0 Å². The lowest BCUT2D eigenvalue weighted by Gasteiger charge is -2.18. The molecule has 4 rings (SSSR count). The minimum Gasteiger partial charge on any atom is -0.477 e. The molecule has 0 radical (unpaired) electrons. The Hall–Kier alpha value is -3.25. The quantitative estimate of drug-likeness (QED) is 0.510. The fourth-order valence-corrected chi connectivity index (χ4v) is 3.72. The van der Waals surface area contributed by atoms with Gasteiger partial charge in [-0.2, -0.15) is 0 Å². The number of aromatic nitrogens is 2. The number of benzene rings is 2. The molecule has 0 fully saturated rings. The van der Waals surface area contributed by atoms with Crippen LogP contribution in [-0.2, 0) is 6.54 Å². The van der Waals surface area contributed by atoms with Crippen molar-refractivity contribution >= 4 is 32.7 Å². The number of rotatable bonds is 4. The van der Waals surface area contributed by atoms with Gasteiger partial charge in [-0.1, -0.05) is 52.3 Å². The third kappa shape index (κ3) is 3.23. The van der Waals surface area contributed by atoms with E-state index < -0.39 is 5.97 Å². The molecule has 2 heterocycles. The molecule has 0 bridgehead atoms. The smallest absolute Gasteiger partial charge is 0.353 e. The highest BCUT2D eigenvalue weighted by Crippen LogP contribution is 2.32. The first kappa shape index (κ1) is 18.1. The number of hydrogen-bond acceptors (Lipinski definition) is 3. The molecule has 0 saturated heterocycles. The third-order valence-corrected chi connectivity index (χ3v) is 5.06. The number of carbonyl (C=O) groups is 1. The molecule has 28 heavy (non-hydrogen) atoms. The van der Waals surface area contributed by atoms with Crippen molar-refractivity contribution in [3.8, 4) is 11.1 Å². The maximum Gasteiger partial charge on any atom is 0.353 e. The van der Waals surface area contributed by atoms with Crippen LogP contribution in [0.25, 0.3) is 21.9 Å². The van der Waals surface area contributed by atoms with Gasteiger partial charge in [0.1, 0.15) is 5.69 Å². The fraction of sp³-hybridized carbons (Fsp3) is 0.0455. The van der Waals surface area contributed by atoms with Crippen LogP contribution in [0.5, 0.6) is 0 Å². The van der Waals surface area contributed by atoms with E-state index in [1.807, 2.05) is 36.4 Å². The SMILES string of the molecule is O=C(O)c1c(-c2ccccc2)c2cc(Br)ccc2c(=O)n1Cc1cccnc1. The van der Waals surface area contributed by atoms with Crippen molar-refractivity contribution in [1.29, 1.82) is 0 Å². The van der Waals surface area contributed by atoms with Gasteiger partial charge in [0.2, 0.25) is 0 Å². The Morgan fingerprint density at radius 3 is 2.50 bits per heavy atom. The standard InChI is InChI=1S/C22H15BrN2O3/c23-16-8-9-17-18(11-16)19(15-6-2-1-3-7-15)20(22(27)28)25(21(17)26)13-14-5-4-10-24-12-14/h1-12H,13H2,(H,27,28).